The fourth-order valence-corrected chi connectivity index (χ4v) is 3.33. The fourth-order valence-electron chi connectivity index (χ4n) is 1.62. The van der Waals surface area contributed by atoms with E-state index in [1.54, 1.807) is 0 Å². The van der Waals surface area contributed by atoms with E-state index in [2.05, 4.69) is 12.0 Å². The van der Waals surface area contributed by atoms with Crippen LogP contribution in [-0.4, -0.2) is 21.0 Å². The number of hydrogen-bond donors (Lipinski definition) is 1. The number of hydrogen-bond acceptors (Lipinski definition) is 5. The first-order valence-corrected chi connectivity index (χ1v) is 7.03. The monoisotopic (exact) mass is 269 g/mol. The number of rotatable bonds is 2. The molecule has 0 saturated carbocycles. The van der Waals surface area contributed by atoms with Crippen LogP contribution in [0.15, 0.2) is 17.2 Å². The van der Waals surface area contributed by atoms with Crippen molar-refractivity contribution in [1.82, 2.24) is 5.01 Å². The SMILES string of the molecule is CCc1ccc(C(=O)N2N=C(N)SC2(C)C)s1. The van der Waals surface area contributed by atoms with Gasteiger partial charge in [-0.1, -0.05) is 18.7 Å². The molecule has 0 aromatic carbocycles. The molecule has 1 aliphatic heterocycles. The lowest BCUT2D eigenvalue weighted by molar-refractivity contribution is 0.0696. The smallest absolute Gasteiger partial charge is 0.285 e. The summed E-state index contributed by atoms with van der Waals surface area (Å²) in [5.74, 6) is -0.0762. The van der Waals surface area contributed by atoms with Crippen LogP contribution in [0.3, 0.4) is 0 Å². The molecule has 0 radical (unpaired) electrons. The van der Waals surface area contributed by atoms with Crippen molar-refractivity contribution in [3.05, 3.63) is 21.9 Å². The molecular formula is C11H15N3OS2. The zero-order chi connectivity index (χ0) is 12.6. The van der Waals surface area contributed by atoms with Crippen LogP contribution in [0.25, 0.3) is 0 Å². The summed E-state index contributed by atoms with van der Waals surface area (Å²) in [5.41, 5.74) is 5.67. The van der Waals surface area contributed by atoms with Crippen LogP contribution in [0.5, 0.6) is 0 Å². The molecule has 0 fully saturated rings. The highest BCUT2D eigenvalue weighted by atomic mass is 32.2. The Bertz CT molecular complexity index is 479. The number of carbonyl (C=O) groups excluding carboxylic acids is 1. The van der Waals surface area contributed by atoms with Crippen LogP contribution in [0.1, 0.15) is 35.3 Å². The maximum absolute atomic E-state index is 12.3. The zero-order valence-electron chi connectivity index (χ0n) is 10.1. The maximum atomic E-state index is 12.3. The van der Waals surface area contributed by atoms with Crippen molar-refractivity contribution in [3.63, 3.8) is 0 Å². The van der Waals surface area contributed by atoms with Gasteiger partial charge in [0, 0.05) is 4.88 Å². The normalized spacial score (nSPS) is 18.3. The predicted octanol–water partition coefficient (Wildman–Crippen LogP) is 2.47. The summed E-state index contributed by atoms with van der Waals surface area (Å²) >= 11 is 2.92. The molecule has 0 saturated heterocycles. The molecule has 1 aromatic rings. The van der Waals surface area contributed by atoms with Gasteiger partial charge in [0.15, 0.2) is 5.17 Å². The topological polar surface area (TPSA) is 58.7 Å². The number of hydrazone groups is 1. The summed E-state index contributed by atoms with van der Waals surface area (Å²) in [4.78, 5) is 13.8. The van der Waals surface area contributed by atoms with Gasteiger partial charge >= 0.3 is 0 Å². The fraction of sp³-hybridized carbons (Fsp3) is 0.455. The van der Waals surface area contributed by atoms with E-state index in [-0.39, 0.29) is 5.91 Å². The summed E-state index contributed by atoms with van der Waals surface area (Å²) in [5, 5.41) is 6.01. The molecule has 2 heterocycles. The van der Waals surface area contributed by atoms with Gasteiger partial charge in [-0.2, -0.15) is 0 Å². The van der Waals surface area contributed by atoms with E-state index in [1.165, 1.54) is 33.0 Å². The van der Waals surface area contributed by atoms with Gasteiger partial charge in [-0.3, -0.25) is 4.79 Å². The van der Waals surface area contributed by atoms with Crippen LogP contribution >= 0.6 is 23.1 Å². The highest BCUT2D eigenvalue weighted by Crippen LogP contribution is 2.36. The Hall–Kier alpha value is -1.01. The molecular weight excluding hydrogens is 254 g/mol. The number of nitrogens with zero attached hydrogens (tertiary/aromatic N) is 2. The summed E-state index contributed by atoms with van der Waals surface area (Å²) in [6.45, 7) is 5.95. The third-order valence-electron chi connectivity index (χ3n) is 2.48. The quantitative estimate of drug-likeness (QED) is 0.897. The molecule has 0 spiro atoms. The molecule has 0 aliphatic carbocycles. The van der Waals surface area contributed by atoms with E-state index in [4.69, 9.17) is 5.73 Å². The predicted molar refractivity (Wildman–Crippen MR) is 73.2 cm³/mol. The molecule has 1 amide bonds. The van der Waals surface area contributed by atoms with Crippen molar-refractivity contribution in [1.29, 1.82) is 0 Å². The first-order valence-electron chi connectivity index (χ1n) is 5.40. The summed E-state index contributed by atoms with van der Waals surface area (Å²) in [6.07, 6.45) is 0.946. The molecule has 2 rings (SSSR count). The molecule has 1 aliphatic rings. The number of amidine groups is 1. The second-order valence-electron chi connectivity index (χ2n) is 4.22. The summed E-state index contributed by atoms with van der Waals surface area (Å²) < 4.78 is 0. The third kappa shape index (κ3) is 2.32. The Labute approximate surface area is 109 Å². The molecule has 0 unspecified atom stereocenters. The zero-order valence-corrected chi connectivity index (χ0v) is 11.7. The Balaban J connectivity index is 2.26. The molecule has 2 N–H and O–H groups in total. The highest BCUT2D eigenvalue weighted by molar-refractivity contribution is 8.15. The van der Waals surface area contributed by atoms with Crippen LogP contribution in [0.4, 0.5) is 0 Å². The van der Waals surface area contributed by atoms with Gasteiger partial charge in [0.25, 0.3) is 5.91 Å². The second-order valence-corrected chi connectivity index (χ2v) is 7.01. The van der Waals surface area contributed by atoms with Gasteiger partial charge in [0.2, 0.25) is 0 Å². The van der Waals surface area contributed by atoms with Gasteiger partial charge in [-0.05, 0) is 32.4 Å². The maximum Gasteiger partial charge on any atom is 0.285 e. The first kappa shape index (κ1) is 12.4. The van der Waals surface area contributed by atoms with E-state index < -0.39 is 4.87 Å². The number of thiophene rings is 1. The van der Waals surface area contributed by atoms with Gasteiger partial charge in [0.1, 0.15) is 4.87 Å². The van der Waals surface area contributed by atoms with Gasteiger partial charge in [-0.25, -0.2) is 5.01 Å². The molecule has 0 bridgehead atoms. The van der Waals surface area contributed by atoms with Crippen molar-refractivity contribution in [2.45, 2.75) is 32.1 Å². The second kappa shape index (κ2) is 4.34. The minimum absolute atomic E-state index is 0.0762. The Morgan fingerprint density at radius 3 is 2.71 bits per heavy atom. The first-order chi connectivity index (χ1) is 7.94. The largest absolute Gasteiger partial charge is 0.377 e. The van der Waals surface area contributed by atoms with E-state index in [0.717, 1.165) is 6.42 Å². The van der Waals surface area contributed by atoms with E-state index >= 15 is 0 Å². The molecule has 0 atom stereocenters. The van der Waals surface area contributed by atoms with Crippen molar-refractivity contribution in [2.24, 2.45) is 10.8 Å². The number of aryl methyl sites for hydroxylation is 1. The van der Waals surface area contributed by atoms with Gasteiger partial charge in [0.05, 0.1) is 4.88 Å². The third-order valence-corrected chi connectivity index (χ3v) is 4.66. The van der Waals surface area contributed by atoms with Crippen molar-refractivity contribution < 1.29 is 4.79 Å². The number of carbonyl (C=O) groups is 1. The van der Waals surface area contributed by atoms with Crippen molar-refractivity contribution in [2.75, 3.05) is 0 Å². The highest BCUT2D eigenvalue weighted by Gasteiger charge is 2.39. The van der Waals surface area contributed by atoms with E-state index in [9.17, 15) is 4.79 Å². The minimum Gasteiger partial charge on any atom is -0.377 e. The summed E-state index contributed by atoms with van der Waals surface area (Å²) in [7, 11) is 0. The van der Waals surface area contributed by atoms with Crippen molar-refractivity contribution >= 4 is 34.2 Å². The number of thioether (sulfide) groups is 1. The average Bonchev–Trinajstić information content (AvgIpc) is 2.81. The molecule has 1 aromatic heterocycles. The van der Waals surface area contributed by atoms with Crippen LogP contribution in [0.2, 0.25) is 0 Å². The average molecular weight is 269 g/mol. The Kier molecular flexibility index (Phi) is 3.18. The lowest BCUT2D eigenvalue weighted by Gasteiger charge is -2.26. The lowest BCUT2D eigenvalue weighted by atomic mass is 10.3. The molecule has 17 heavy (non-hydrogen) atoms. The Morgan fingerprint density at radius 1 is 1.53 bits per heavy atom. The molecule has 92 valence electrons. The lowest BCUT2D eigenvalue weighted by Crippen LogP contribution is -2.38. The van der Waals surface area contributed by atoms with Gasteiger partial charge < -0.3 is 5.73 Å². The van der Waals surface area contributed by atoms with Crippen LogP contribution < -0.4 is 5.73 Å². The van der Waals surface area contributed by atoms with Crippen molar-refractivity contribution in [3.8, 4) is 0 Å². The van der Waals surface area contributed by atoms with E-state index in [1.807, 2.05) is 26.0 Å². The Morgan fingerprint density at radius 2 is 2.24 bits per heavy atom. The standard InChI is InChI=1S/C11H15N3OS2/c1-4-7-5-6-8(16-7)9(15)14-11(2,3)17-10(12)13-14/h5-6H,4H2,1-3H3,(H2,12,13). The minimum atomic E-state index is -0.405. The van der Waals surface area contributed by atoms with Crippen LogP contribution in [-0.2, 0) is 6.42 Å². The summed E-state index contributed by atoms with van der Waals surface area (Å²) in [6, 6.07) is 3.85. The van der Waals surface area contributed by atoms with E-state index in [0.29, 0.717) is 10.0 Å². The molecule has 4 nitrogen and oxygen atoms in total. The van der Waals surface area contributed by atoms with Crippen LogP contribution in [0, 0.1) is 0 Å². The number of amides is 1. The molecule has 6 heteroatoms. The number of nitrogens with two attached hydrogens (primary N) is 1. The van der Waals surface area contributed by atoms with Gasteiger partial charge in [-0.15, -0.1) is 16.4 Å².